The Hall–Kier alpha value is -0.0569. The Kier molecular flexibility index (Phi) is 45.3. The quantitative estimate of drug-likeness (QED) is 0.543. The summed E-state index contributed by atoms with van der Waals surface area (Å²) < 4.78 is 0. The van der Waals surface area contributed by atoms with E-state index in [1.807, 2.05) is 30.3 Å². The topological polar surface area (TPSA) is 80.9 Å². The van der Waals surface area contributed by atoms with Crippen molar-refractivity contribution in [1.82, 2.24) is 0 Å². The molecular weight excluding hydrogens is 383 g/mol. The van der Waals surface area contributed by atoms with Gasteiger partial charge in [-0.1, -0.05) is 70.4 Å². The van der Waals surface area contributed by atoms with Crippen molar-refractivity contribution >= 4 is 0 Å². The molecule has 0 saturated carbocycles. The number of aliphatic hydroxyl groups excluding tert-OH is 4. The molecule has 1 aromatic rings. The van der Waals surface area contributed by atoms with E-state index in [1.54, 1.807) is 0 Å². The Morgan fingerprint density at radius 2 is 0.958 bits per heavy atom. The third-order valence-corrected chi connectivity index (χ3v) is 2.56. The molecule has 0 saturated heterocycles. The van der Waals surface area contributed by atoms with E-state index in [4.69, 9.17) is 20.4 Å². The van der Waals surface area contributed by atoms with Gasteiger partial charge in [-0.25, -0.2) is 0 Å². The molecular formula is C19H38O4Zr. The van der Waals surface area contributed by atoms with Gasteiger partial charge < -0.3 is 20.4 Å². The van der Waals surface area contributed by atoms with Crippen molar-refractivity contribution < 1.29 is 46.6 Å². The van der Waals surface area contributed by atoms with Gasteiger partial charge in [-0.15, -0.1) is 0 Å². The second-order valence-electron chi connectivity index (χ2n) is 4.88. The Labute approximate surface area is 168 Å². The first-order chi connectivity index (χ1) is 11.2. The van der Waals surface area contributed by atoms with E-state index in [0.29, 0.717) is 19.8 Å². The van der Waals surface area contributed by atoms with Gasteiger partial charge in [0.2, 0.25) is 0 Å². The van der Waals surface area contributed by atoms with E-state index in [2.05, 4.69) is 20.8 Å². The van der Waals surface area contributed by atoms with E-state index in [9.17, 15) is 0 Å². The van der Waals surface area contributed by atoms with Crippen LogP contribution in [0.25, 0.3) is 0 Å². The van der Waals surface area contributed by atoms with Crippen LogP contribution in [0.2, 0.25) is 0 Å². The maximum Gasteiger partial charge on any atom is 0.0681 e. The van der Waals surface area contributed by atoms with E-state index >= 15 is 0 Å². The van der Waals surface area contributed by atoms with E-state index in [-0.39, 0.29) is 32.8 Å². The minimum Gasteiger partial charge on any atom is -0.396 e. The summed E-state index contributed by atoms with van der Waals surface area (Å²) in [6, 6.07) is 9.52. The first-order valence-corrected chi connectivity index (χ1v) is 8.65. The van der Waals surface area contributed by atoms with Gasteiger partial charge in [-0.3, -0.25) is 0 Å². The van der Waals surface area contributed by atoms with Crippen LogP contribution in [0.15, 0.2) is 30.3 Å². The van der Waals surface area contributed by atoms with Gasteiger partial charge in [0.25, 0.3) is 0 Å². The molecule has 0 aromatic heterocycles. The van der Waals surface area contributed by atoms with Crippen LogP contribution in [0.3, 0.4) is 0 Å². The van der Waals surface area contributed by atoms with Crippen LogP contribution in [0, 0.1) is 0 Å². The maximum absolute atomic E-state index is 8.54. The molecule has 0 atom stereocenters. The van der Waals surface area contributed by atoms with Gasteiger partial charge in [0.05, 0.1) is 6.61 Å². The third-order valence-electron chi connectivity index (χ3n) is 2.56. The maximum atomic E-state index is 8.54. The zero-order chi connectivity index (χ0) is 18.2. The van der Waals surface area contributed by atoms with Crippen LogP contribution in [-0.4, -0.2) is 40.2 Å². The summed E-state index contributed by atoms with van der Waals surface area (Å²) in [5.41, 5.74) is 0.965. The zero-order valence-corrected chi connectivity index (χ0v) is 18.2. The molecule has 0 aliphatic carbocycles. The van der Waals surface area contributed by atoms with Crippen molar-refractivity contribution in [3.05, 3.63) is 35.9 Å². The van der Waals surface area contributed by atoms with Crippen molar-refractivity contribution in [2.24, 2.45) is 0 Å². The summed E-state index contributed by atoms with van der Waals surface area (Å²) in [7, 11) is 0. The van der Waals surface area contributed by atoms with Crippen molar-refractivity contribution in [2.75, 3.05) is 19.8 Å². The minimum absolute atomic E-state index is 0. The molecule has 1 aromatic carbocycles. The van der Waals surface area contributed by atoms with Gasteiger partial charge >= 0.3 is 0 Å². The molecule has 5 heteroatoms. The second-order valence-corrected chi connectivity index (χ2v) is 4.88. The molecule has 0 fully saturated rings. The smallest absolute Gasteiger partial charge is 0.0681 e. The summed E-state index contributed by atoms with van der Waals surface area (Å²) >= 11 is 0. The summed E-state index contributed by atoms with van der Waals surface area (Å²) in [4.78, 5) is 0. The standard InChI is InChI=1S/C7H8O.3C4H10O.Zr/c8-6-7-4-2-1-3-5-7;3*1-2-3-4-5;/h1-5,8H,6H2;3*5H,2-4H2,1H3;. The van der Waals surface area contributed by atoms with Crippen molar-refractivity contribution in [2.45, 2.75) is 65.9 Å². The fraction of sp³-hybridized carbons (Fsp3) is 0.684. The van der Waals surface area contributed by atoms with Crippen LogP contribution in [0.1, 0.15) is 64.9 Å². The molecule has 0 radical (unpaired) electrons. The van der Waals surface area contributed by atoms with Gasteiger partial charge in [0.1, 0.15) is 0 Å². The van der Waals surface area contributed by atoms with Crippen LogP contribution in [-0.2, 0) is 32.8 Å². The molecule has 24 heavy (non-hydrogen) atoms. The predicted molar refractivity (Wildman–Crippen MR) is 98.3 cm³/mol. The number of hydrogen-bond acceptors (Lipinski definition) is 4. The largest absolute Gasteiger partial charge is 0.396 e. The van der Waals surface area contributed by atoms with E-state index in [1.165, 1.54) is 0 Å². The normalized spacial score (nSPS) is 8.29. The number of unbranched alkanes of at least 4 members (excludes halogenated alkanes) is 3. The average molecular weight is 422 g/mol. The second kappa shape index (κ2) is 34.3. The van der Waals surface area contributed by atoms with Crippen LogP contribution in [0.4, 0.5) is 0 Å². The Bertz CT molecular complexity index is 251. The molecule has 0 aliphatic rings. The fourth-order valence-electron chi connectivity index (χ4n) is 1.06. The minimum atomic E-state index is 0. The molecule has 0 spiro atoms. The van der Waals surface area contributed by atoms with Crippen molar-refractivity contribution in [3.63, 3.8) is 0 Å². The monoisotopic (exact) mass is 420 g/mol. The third kappa shape index (κ3) is 37.9. The molecule has 142 valence electrons. The van der Waals surface area contributed by atoms with Gasteiger partial charge in [-0.2, -0.15) is 0 Å². The number of benzene rings is 1. The average Bonchev–Trinajstić information content (AvgIpc) is 2.59. The molecule has 4 N–H and O–H groups in total. The van der Waals surface area contributed by atoms with Gasteiger partial charge in [0, 0.05) is 46.0 Å². The molecule has 0 unspecified atom stereocenters. The van der Waals surface area contributed by atoms with Crippen LogP contribution >= 0.6 is 0 Å². The summed E-state index contributed by atoms with van der Waals surface area (Å²) in [6.07, 6.45) is 6.11. The molecule has 4 nitrogen and oxygen atoms in total. The number of hydrogen-bond donors (Lipinski definition) is 4. The molecule has 0 aliphatic heterocycles. The van der Waals surface area contributed by atoms with Crippen molar-refractivity contribution in [1.29, 1.82) is 0 Å². The zero-order valence-electron chi connectivity index (χ0n) is 15.7. The predicted octanol–water partition coefficient (Wildman–Crippen LogP) is 3.51. The van der Waals surface area contributed by atoms with E-state index in [0.717, 1.165) is 44.1 Å². The molecule has 0 heterocycles. The van der Waals surface area contributed by atoms with Crippen LogP contribution in [0.5, 0.6) is 0 Å². The van der Waals surface area contributed by atoms with Crippen LogP contribution < -0.4 is 0 Å². The Balaban J connectivity index is -0.000000113. The first kappa shape index (κ1) is 31.7. The number of aliphatic hydroxyl groups is 4. The first-order valence-electron chi connectivity index (χ1n) is 8.65. The SMILES string of the molecule is CCCCO.CCCCO.CCCCO.OCc1ccccc1.[Zr]. The fourth-order valence-corrected chi connectivity index (χ4v) is 1.06. The summed E-state index contributed by atoms with van der Waals surface area (Å²) in [5, 5.41) is 32.7. The van der Waals surface area contributed by atoms with Crippen molar-refractivity contribution in [3.8, 4) is 0 Å². The molecule has 0 amide bonds. The Morgan fingerprint density at radius 1 is 0.625 bits per heavy atom. The summed E-state index contributed by atoms with van der Waals surface area (Å²) in [6.45, 7) is 7.33. The number of rotatable bonds is 7. The van der Waals surface area contributed by atoms with Gasteiger partial charge in [-0.05, 0) is 24.8 Å². The van der Waals surface area contributed by atoms with Gasteiger partial charge in [0.15, 0.2) is 0 Å². The summed E-state index contributed by atoms with van der Waals surface area (Å²) in [5.74, 6) is 0. The van der Waals surface area contributed by atoms with E-state index < -0.39 is 0 Å². The Morgan fingerprint density at radius 3 is 1.08 bits per heavy atom. The molecule has 0 bridgehead atoms. The molecule has 1 rings (SSSR count).